The van der Waals surface area contributed by atoms with E-state index in [1.54, 1.807) is 0 Å². The summed E-state index contributed by atoms with van der Waals surface area (Å²) >= 11 is 0. The maximum Gasteiger partial charge on any atom is 0.320 e. The normalized spacial score (nSPS) is 12.7. The van der Waals surface area contributed by atoms with Crippen LogP contribution in [-0.2, 0) is 23.5 Å². The molecule has 0 aliphatic heterocycles. The minimum absolute atomic E-state index is 0.112. The number of rotatable bonds is 11. The van der Waals surface area contributed by atoms with Gasteiger partial charge < -0.3 is 13.9 Å². The van der Waals surface area contributed by atoms with Crippen LogP contribution in [0.15, 0.2) is 66.7 Å². The topological polar surface area (TPSA) is 61.8 Å². The van der Waals surface area contributed by atoms with Crippen molar-refractivity contribution in [3.63, 3.8) is 0 Å². The van der Waals surface area contributed by atoms with Crippen molar-refractivity contribution in [2.24, 2.45) is 11.8 Å². The lowest BCUT2D eigenvalue weighted by Gasteiger charge is -2.36. The van der Waals surface area contributed by atoms with E-state index in [9.17, 15) is 9.59 Å². The molecule has 2 rings (SSSR count). The molecule has 190 valence electrons. The molecule has 2 aromatic carbocycles. The van der Waals surface area contributed by atoms with E-state index < -0.39 is 32.1 Å². The van der Waals surface area contributed by atoms with E-state index in [2.05, 4.69) is 33.9 Å². The lowest BCUT2D eigenvalue weighted by atomic mass is 9.84. The van der Waals surface area contributed by atoms with Gasteiger partial charge >= 0.3 is 11.9 Å². The fraction of sp³-hybridized carbons (Fsp3) is 0.448. The van der Waals surface area contributed by atoms with Crippen LogP contribution < -0.4 is 0 Å². The van der Waals surface area contributed by atoms with Gasteiger partial charge in [-0.3, -0.25) is 9.59 Å². The first kappa shape index (κ1) is 28.5. The molecule has 1 atom stereocenters. The highest BCUT2D eigenvalue weighted by Gasteiger charge is 2.38. The summed E-state index contributed by atoms with van der Waals surface area (Å²) in [6.45, 7) is 11.6. The third-order valence-electron chi connectivity index (χ3n) is 6.84. The van der Waals surface area contributed by atoms with Gasteiger partial charge in [-0.1, -0.05) is 87.5 Å². The van der Waals surface area contributed by atoms with Gasteiger partial charge in [0.2, 0.25) is 0 Å². The predicted molar refractivity (Wildman–Crippen MR) is 143 cm³/mol. The molecular weight excluding hydrogens is 456 g/mol. The number of esters is 2. The van der Waals surface area contributed by atoms with E-state index in [4.69, 9.17) is 13.9 Å². The Hall–Kier alpha value is -2.70. The first-order valence-corrected chi connectivity index (χ1v) is 15.0. The highest BCUT2D eigenvalue weighted by molar-refractivity contribution is 6.74. The van der Waals surface area contributed by atoms with Crippen LogP contribution in [-0.4, -0.2) is 41.1 Å². The van der Waals surface area contributed by atoms with Crippen LogP contribution in [0.5, 0.6) is 0 Å². The fourth-order valence-electron chi connectivity index (χ4n) is 3.72. The maximum atomic E-state index is 12.8. The number of ether oxygens (including phenoxy) is 2. The van der Waals surface area contributed by atoms with Crippen LogP contribution in [0, 0.1) is 11.8 Å². The lowest BCUT2D eigenvalue weighted by molar-refractivity contribution is -0.160. The van der Waals surface area contributed by atoms with Gasteiger partial charge in [-0.2, -0.15) is 0 Å². The Morgan fingerprint density at radius 1 is 0.857 bits per heavy atom. The summed E-state index contributed by atoms with van der Waals surface area (Å²) in [7, 11) is 0.704. The quantitative estimate of drug-likeness (QED) is 0.154. The molecule has 0 bridgehead atoms. The molecule has 0 heterocycles. The first-order valence-electron chi connectivity index (χ1n) is 12.1. The number of carbonyl (C=O) groups is 2. The zero-order valence-corrected chi connectivity index (χ0v) is 23.2. The average Bonchev–Trinajstić information content (AvgIpc) is 2.84. The maximum absolute atomic E-state index is 12.8. The molecule has 35 heavy (non-hydrogen) atoms. The monoisotopic (exact) mass is 496 g/mol. The Labute approximate surface area is 211 Å². The van der Waals surface area contributed by atoms with Crippen molar-refractivity contribution in [2.45, 2.75) is 51.7 Å². The van der Waals surface area contributed by atoms with Crippen molar-refractivity contribution >= 4 is 25.8 Å². The Balaban J connectivity index is 2.45. The van der Waals surface area contributed by atoms with Crippen LogP contribution >= 0.6 is 0 Å². The van der Waals surface area contributed by atoms with E-state index in [-0.39, 0.29) is 5.04 Å². The van der Waals surface area contributed by atoms with Gasteiger partial charge in [0.1, 0.15) is 0 Å². The fourth-order valence-corrected chi connectivity index (χ4v) is 4.81. The second-order valence-electron chi connectivity index (χ2n) is 10.3. The Morgan fingerprint density at radius 2 is 1.31 bits per heavy atom. The molecule has 0 amide bonds. The van der Waals surface area contributed by atoms with Gasteiger partial charge in [0.05, 0.1) is 14.2 Å². The number of hydrogen-bond donors (Lipinski definition) is 0. The summed E-state index contributed by atoms with van der Waals surface area (Å²) in [6, 6.07) is 20.0. The SMILES string of the molecule is COC(=O)C(C(=O)OC)[C@H](C=C(c1ccccc1)c1ccccc1)CCCO[Si](C)(C)C(C)(C)C. The van der Waals surface area contributed by atoms with Crippen LogP contribution in [0.4, 0.5) is 0 Å². The Kier molecular flexibility index (Phi) is 10.5. The molecule has 0 spiro atoms. The minimum atomic E-state index is -1.90. The summed E-state index contributed by atoms with van der Waals surface area (Å²) in [4.78, 5) is 25.5. The molecule has 0 aliphatic rings. The number of benzene rings is 2. The highest BCUT2D eigenvalue weighted by Crippen LogP contribution is 2.37. The molecule has 6 heteroatoms. The first-order chi connectivity index (χ1) is 16.5. The van der Waals surface area contributed by atoms with Crippen molar-refractivity contribution < 1.29 is 23.5 Å². The molecule has 2 aromatic rings. The van der Waals surface area contributed by atoms with Crippen molar-refractivity contribution in [2.75, 3.05) is 20.8 Å². The number of hydrogen-bond acceptors (Lipinski definition) is 5. The summed E-state index contributed by atoms with van der Waals surface area (Å²) in [6.07, 6.45) is 3.30. The van der Waals surface area contributed by atoms with Crippen LogP contribution in [0.3, 0.4) is 0 Å². The summed E-state index contributed by atoms with van der Waals surface area (Å²) in [5.41, 5.74) is 2.98. The highest BCUT2D eigenvalue weighted by atomic mass is 28.4. The van der Waals surface area contributed by atoms with Gasteiger partial charge in [-0.15, -0.1) is 0 Å². The van der Waals surface area contributed by atoms with Crippen LogP contribution in [0.2, 0.25) is 18.1 Å². The van der Waals surface area contributed by atoms with Crippen molar-refractivity contribution in [1.82, 2.24) is 0 Å². The molecule has 0 fully saturated rings. The van der Waals surface area contributed by atoms with Crippen molar-refractivity contribution in [3.8, 4) is 0 Å². The molecule has 0 saturated heterocycles. The van der Waals surface area contributed by atoms with Crippen LogP contribution in [0.25, 0.3) is 5.57 Å². The third-order valence-corrected chi connectivity index (χ3v) is 11.4. The zero-order valence-electron chi connectivity index (χ0n) is 22.2. The summed E-state index contributed by atoms with van der Waals surface area (Å²) < 4.78 is 16.4. The van der Waals surface area contributed by atoms with Gasteiger partial charge in [-0.25, -0.2) is 0 Å². The van der Waals surface area contributed by atoms with E-state index in [1.165, 1.54) is 14.2 Å². The van der Waals surface area contributed by atoms with Gasteiger partial charge in [-0.05, 0) is 47.7 Å². The zero-order chi connectivity index (χ0) is 26.1. The largest absolute Gasteiger partial charge is 0.468 e. The molecule has 0 saturated carbocycles. The predicted octanol–water partition coefficient (Wildman–Crippen LogP) is 6.50. The smallest absolute Gasteiger partial charge is 0.320 e. The lowest BCUT2D eigenvalue weighted by Crippen LogP contribution is -2.41. The van der Waals surface area contributed by atoms with Gasteiger partial charge in [0, 0.05) is 12.5 Å². The van der Waals surface area contributed by atoms with E-state index >= 15 is 0 Å². The minimum Gasteiger partial charge on any atom is -0.468 e. The molecule has 0 unspecified atom stereocenters. The molecule has 0 aliphatic carbocycles. The number of allylic oxidation sites excluding steroid dienone is 1. The Bertz CT molecular complexity index is 920. The number of carbonyl (C=O) groups excluding carboxylic acids is 2. The van der Waals surface area contributed by atoms with Crippen molar-refractivity contribution in [1.29, 1.82) is 0 Å². The molecular formula is C29H40O5Si. The summed E-state index contributed by atoms with van der Waals surface area (Å²) in [5.74, 6) is -2.67. The number of methoxy groups -OCH3 is 2. The van der Waals surface area contributed by atoms with E-state index in [1.807, 2.05) is 66.7 Å². The molecule has 0 radical (unpaired) electrons. The average molecular weight is 497 g/mol. The second kappa shape index (κ2) is 12.8. The standard InChI is InChI=1S/C29H40O5Si/c1-29(2,3)35(6,7)34-20-14-19-24(26(27(30)32-4)28(31)33-5)21-25(22-15-10-8-11-16-22)23-17-12-9-13-18-23/h8-13,15-18,21,24,26H,14,19-20H2,1-7H3/t24-/m0/s1. The second-order valence-corrected chi connectivity index (χ2v) is 15.1. The van der Waals surface area contributed by atoms with Crippen molar-refractivity contribution in [3.05, 3.63) is 77.9 Å². The van der Waals surface area contributed by atoms with E-state index in [0.717, 1.165) is 16.7 Å². The third kappa shape index (κ3) is 7.90. The molecule has 0 N–H and O–H groups in total. The van der Waals surface area contributed by atoms with E-state index in [0.29, 0.717) is 19.4 Å². The molecule has 5 nitrogen and oxygen atoms in total. The van der Waals surface area contributed by atoms with Gasteiger partial charge in [0.15, 0.2) is 14.2 Å². The van der Waals surface area contributed by atoms with Gasteiger partial charge in [0.25, 0.3) is 0 Å². The Morgan fingerprint density at radius 3 is 1.71 bits per heavy atom. The van der Waals surface area contributed by atoms with Crippen LogP contribution in [0.1, 0.15) is 44.7 Å². The molecule has 0 aromatic heterocycles. The summed E-state index contributed by atoms with van der Waals surface area (Å²) in [5, 5.41) is 0.112.